The molecule has 152 valence electrons. The highest BCUT2D eigenvalue weighted by Gasteiger charge is 2.18. The first-order valence-electron chi connectivity index (χ1n) is 9.81. The number of H-pyrrole nitrogens is 1. The van der Waals surface area contributed by atoms with Gasteiger partial charge in [0.2, 0.25) is 0 Å². The van der Waals surface area contributed by atoms with E-state index in [1.54, 1.807) is 35.4 Å². The number of nitrogens with one attached hydrogen (secondary N) is 2. The van der Waals surface area contributed by atoms with Crippen LogP contribution >= 0.6 is 0 Å². The molecule has 1 aromatic carbocycles. The minimum Gasteiger partial charge on any atom is -0.305 e. The van der Waals surface area contributed by atoms with Crippen molar-refractivity contribution in [1.82, 2.24) is 29.9 Å². The van der Waals surface area contributed by atoms with Crippen LogP contribution in [0.4, 0.5) is 5.82 Å². The quantitative estimate of drug-likeness (QED) is 0.459. The van der Waals surface area contributed by atoms with Crippen LogP contribution in [0.2, 0.25) is 0 Å². The Kier molecular flexibility index (Phi) is 4.72. The summed E-state index contributed by atoms with van der Waals surface area (Å²) in [7, 11) is 0. The maximum atomic E-state index is 13.2. The summed E-state index contributed by atoms with van der Waals surface area (Å²) in [6, 6.07) is 17.2. The molecule has 0 saturated carbocycles. The Bertz CT molecular complexity index is 1360. The standard InChI is InChI=1S/C23H19N7O/c1-15-11-21(29-28-15)27-23(31)18-12-20(17-5-3-2-4-6-17)26-22-19(18)13-25-30(22)14-16-7-9-24-10-8-16/h2-13H,14H2,1H3,(H2,27,28,29,31). The number of hydrogen-bond donors (Lipinski definition) is 2. The highest BCUT2D eigenvalue weighted by Crippen LogP contribution is 2.26. The third-order valence-corrected chi connectivity index (χ3v) is 4.95. The number of nitrogens with zero attached hydrogens (tertiary/aromatic N) is 5. The summed E-state index contributed by atoms with van der Waals surface area (Å²) in [6.07, 6.45) is 5.17. The van der Waals surface area contributed by atoms with Gasteiger partial charge in [-0.05, 0) is 30.7 Å². The molecule has 5 aromatic rings. The molecule has 0 radical (unpaired) electrons. The Morgan fingerprint density at radius 2 is 1.90 bits per heavy atom. The van der Waals surface area contributed by atoms with Gasteiger partial charge in [0.1, 0.15) is 0 Å². The average Bonchev–Trinajstić information content (AvgIpc) is 3.40. The van der Waals surface area contributed by atoms with Crippen LogP contribution in [0.5, 0.6) is 0 Å². The monoisotopic (exact) mass is 409 g/mol. The van der Waals surface area contributed by atoms with Gasteiger partial charge in [-0.1, -0.05) is 30.3 Å². The number of hydrogen-bond acceptors (Lipinski definition) is 5. The normalized spacial score (nSPS) is 11.0. The zero-order valence-corrected chi connectivity index (χ0v) is 16.8. The minimum absolute atomic E-state index is 0.264. The molecule has 0 unspecified atom stereocenters. The van der Waals surface area contributed by atoms with E-state index in [1.165, 1.54) is 0 Å². The Labute approximate surface area is 178 Å². The maximum Gasteiger partial charge on any atom is 0.257 e. The van der Waals surface area contributed by atoms with Crippen LogP contribution in [-0.4, -0.2) is 35.9 Å². The number of rotatable bonds is 5. The fourth-order valence-corrected chi connectivity index (χ4v) is 3.43. The van der Waals surface area contributed by atoms with Crippen LogP contribution in [0.15, 0.2) is 73.2 Å². The van der Waals surface area contributed by atoms with E-state index in [4.69, 9.17) is 4.98 Å². The predicted octanol–water partition coefficient (Wildman–Crippen LogP) is 3.83. The molecule has 0 aliphatic heterocycles. The molecule has 5 rings (SSSR count). The smallest absolute Gasteiger partial charge is 0.257 e. The molecule has 4 heterocycles. The lowest BCUT2D eigenvalue weighted by molar-refractivity contribution is 0.102. The molecule has 0 aliphatic rings. The molecule has 0 atom stereocenters. The van der Waals surface area contributed by atoms with Crippen LogP contribution < -0.4 is 5.32 Å². The average molecular weight is 409 g/mol. The van der Waals surface area contributed by atoms with Gasteiger partial charge in [0.15, 0.2) is 11.5 Å². The van der Waals surface area contributed by atoms with E-state index in [-0.39, 0.29) is 5.91 Å². The lowest BCUT2D eigenvalue weighted by Gasteiger charge is -2.09. The van der Waals surface area contributed by atoms with Gasteiger partial charge in [-0.15, -0.1) is 0 Å². The van der Waals surface area contributed by atoms with Gasteiger partial charge in [-0.25, -0.2) is 9.67 Å². The molecule has 8 nitrogen and oxygen atoms in total. The van der Waals surface area contributed by atoms with Gasteiger partial charge < -0.3 is 5.32 Å². The van der Waals surface area contributed by atoms with E-state index in [0.29, 0.717) is 34.7 Å². The Morgan fingerprint density at radius 3 is 2.65 bits per heavy atom. The summed E-state index contributed by atoms with van der Waals surface area (Å²) < 4.78 is 1.80. The highest BCUT2D eigenvalue weighted by atomic mass is 16.1. The Hall–Kier alpha value is -4.33. The molecule has 0 fully saturated rings. The van der Waals surface area contributed by atoms with Gasteiger partial charge >= 0.3 is 0 Å². The number of aromatic amines is 1. The van der Waals surface area contributed by atoms with Crippen molar-refractivity contribution in [2.45, 2.75) is 13.5 Å². The van der Waals surface area contributed by atoms with Crippen molar-refractivity contribution in [2.24, 2.45) is 0 Å². The minimum atomic E-state index is -0.264. The van der Waals surface area contributed by atoms with E-state index in [2.05, 4.69) is 25.6 Å². The molecule has 0 spiro atoms. The van der Waals surface area contributed by atoms with Gasteiger partial charge in [-0.2, -0.15) is 10.2 Å². The van der Waals surface area contributed by atoms with Crippen LogP contribution in [0.3, 0.4) is 0 Å². The van der Waals surface area contributed by atoms with Crippen molar-refractivity contribution >= 4 is 22.8 Å². The molecule has 2 N–H and O–H groups in total. The van der Waals surface area contributed by atoms with E-state index in [1.807, 2.05) is 49.4 Å². The number of pyridine rings is 2. The second kappa shape index (κ2) is 7.83. The molecule has 0 bridgehead atoms. The lowest BCUT2D eigenvalue weighted by Crippen LogP contribution is -2.13. The molecule has 4 aromatic heterocycles. The Balaban J connectivity index is 1.62. The number of aryl methyl sites for hydroxylation is 1. The van der Waals surface area contributed by atoms with Crippen molar-refractivity contribution in [3.63, 3.8) is 0 Å². The van der Waals surface area contributed by atoms with Crippen LogP contribution in [0.1, 0.15) is 21.6 Å². The molecule has 0 aliphatic carbocycles. The van der Waals surface area contributed by atoms with Gasteiger partial charge in [0.05, 0.1) is 29.4 Å². The fraction of sp³-hybridized carbons (Fsp3) is 0.0870. The van der Waals surface area contributed by atoms with Crippen molar-refractivity contribution in [1.29, 1.82) is 0 Å². The SMILES string of the molecule is Cc1cc(NC(=O)c2cc(-c3ccccc3)nc3c2cnn3Cc2ccncc2)n[nH]1. The van der Waals surface area contributed by atoms with E-state index in [0.717, 1.165) is 16.8 Å². The lowest BCUT2D eigenvalue weighted by atomic mass is 10.1. The number of carbonyl (C=O) groups is 1. The summed E-state index contributed by atoms with van der Waals surface area (Å²) in [5.41, 5.74) is 4.67. The molecule has 8 heteroatoms. The fourth-order valence-electron chi connectivity index (χ4n) is 3.43. The van der Waals surface area contributed by atoms with E-state index < -0.39 is 0 Å². The number of amides is 1. The van der Waals surface area contributed by atoms with Crippen molar-refractivity contribution < 1.29 is 4.79 Å². The van der Waals surface area contributed by atoms with Crippen LogP contribution in [0.25, 0.3) is 22.3 Å². The van der Waals surface area contributed by atoms with Gasteiger partial charge in [0.25, 0.3) is 5.91 Å². The third-order valence-electron chi connectivity index (χ3n) is 4.95. The molecule has 0 saturated heterocycles. The van der Waals surface area contributed by atoms with E-state index >= 15 is 0 Å². The number of anilines is 1. The van der Waals surface area contributed by atoms with Crippen molar-refractivity contribution in [2.75, 3.05) is 5.32 Å². The van der Waals surface area contributed by atoms with Crippen molar-refractivity contribution in [3.8, 4) is 11.3 Å². The summed E-state index contributed by atoms with van der Waals surface area (Å²) in [6.45, 7) is 2.40. The van der Waals surface area contributed by atoms with Crippen LogP contribution in [-0.2, 0) is 6.54 Å². The van der Waals surface area contributed by atoms with E-state index in [9.17, 15) is 4.79 Å². The van der Waals surface area contributed by atoms with Crippen molar-refractivity contribution in [3.05, 3.63) is 90.0 Å². The molecular weight excluding hydrogens is 390 g/mol. The second-order valence-corrected chi connectivity index (χ2v) is 7.21. The zero-order chi connectivity index (χ0) is 21.2. The summed E-state index contributed by atoms with van der Waals surface area (Å²) in [5.74, 6) is 0.206. The number of carbonyl (C=O) groups excluding carboxylic acids is 1. The summed E-state index contributed by atoms with van der Waals surface area (Å²) in [4.78, 5) is 22.1. The zero-order valence-electron chi connectivity index (χ0n) is 16.8. The topological polar surface area (TPSA) is 101 Å². The first-order valence-corrected chi connectivity index (χ1v) is 9.81. The predicted molar refractivity (Wildman–Crippen MR) is 118 cm³/mol. The summed E-state index contributed by atoms with van der Waals surface area (Å²) >= 11 is 0. The van der Waals surface area contributed by atoms with Crippen LogP contribution in [0, 0.1) is 6.92 Å². The highest BCUT2D eigenvalue weighted by molar-refractivity contribution is 6.12. The molecular formula is C23H19N7O. The first kappa shape index (κ1) is 18.7. The van der Waals surface area contributed by atoms with Gasteiger partial charge in [0, 0.05) is 29.7 Å². The largest absolute Gasteiger partial charge is 0.305 e. The number of benzene rings is 1. The summed E-state index contributed by atoms with van der Waals surface area (Å²) in [5, 5.41) is 15.0. The maximum absolute atomic E-state index is 13.2. The third kappa shape index (κ3) is 3.78. The van der Waals surface area contributed by atoms with Gasteiger partial charge in [-0.3, -0.25) is 14.9 Å². The molecule has 1 amide bonds. The molecule has 31 heavy (non-hydrogen) atoms. The number of aromatic nitrogens is 6. The Morgan fingerprint density at radius 1 is 1.10 bits per heavy atom. The second-order valence-electron chi connectivity index (χ2n) is 7.21. The number of fused-ring (bicyclic) bond motifs is 1. The first-order chi connectivity index (χ1) is 15.2.